The van der Waals surface area contributed by atoms with Gasteiger partial charge in [-0.2, -0.15) is 0 Å². The largest absolute Gasteiger partial charge is 0.543 e. The molecule has 0 bridgehead atoms. The van der Waals surface area contributed by atoms with Crippen LogP contribution in [0.1, 0.15) is 78.9 Å². The summed E-state index contributed by atoms with van der Waals surface area (Å²) in [6.45, 7) is 21.8. The Labute approximate surface area is 204 Å². The van der Waals surface area contributed by atoms with Crippen LogP contribution >= 0.6 is 0 Å². The predicted molar refractivity (Wildman–Crippen MR) is 146 cm³/mol. The Morgan fingerprint density at radius 2 is 1.67 bits per heavy atom. The molecule has 1 aromatic rings. The number of aliphatic hydroxyl groups excluding tert-OH is 1. The van der Waals surface area contributed by atoms with Crippen molar-refractivity contribution in [3.8, 4) is 11.5 Å². The molecule has 3 nitrogen and oxygen atoms in total. The summed E-state index contributed by atoms with van der Waals surface area (Å²) in [5, 5.41) is 10.2. The van der Waals surface area contributed by atoms with Gasteiger partial charge in [0.15, 0.2) is 0 Å². The van der Waals surface area contributed by atoms with Gasteiger partial charge in [0.05, 0.1) is 13.2 Å². The summed E-state index contributed by atoms with van der Waals surface area (Å²) < 4.78 is 12.3. The standard InChI is InChI=1S/C29H48O3Si/c1-21(2)17-26(30)18-23(4)14-12-13-22(3)15-16-25-20-27(31-9)24(5)19-28(25)32-33(10,11)29(6,7)8/h14-15,17,19-20,26,30H,12-13,16,18H2,1-11H3/b22-15+,23-14+. The van der Waals surface area contributed by atoms with Crippen molar-refractivity contribution in [2.75, 3.05) is 7.11 Å². The number of rotatable bonds is 11. The molecule has 1 rings (SSSR count). The van der Waals surface area contributed by atoms with Gasteiger partial charge in [-0.05, 0) is 96.1 Å². The number of aliphatic hydroxyl groups is 1. The average molecular weight is 473 g/mol. The second-order valence-corrected chi connectivity index (χ2v) is 15.9. The van der Waals surface area contributed by atoms with E-state index in [2.05, 4.69) is 78.9 Å². The minimum Gasteiger partial charge on any atom is -0.543 e. The molecule has 0 aliphatic rings. The highest BCUT2D eigenvalue weighted by atomic mass is 28.4. The van der Waals surface area contributed by atoms with E-state index in [0.717, 1.165) is 41.9 Å². The molecular formula is C29H48O3Si. The van der Waals surface area contributed by atoms with Crippen LogP contribution in [0.4, 0.5) is 0 Å². The molecule has 0 saturated carbocycles. The van der Waals surface area contributed by atoms with Gasteiger partial charge in [-0.15, -0.1) is 0 Å². The lowest BCUT2D eigenvalue weighted by Crippen LogP contribution is -2.44. The number of methoxy groups -OCH3 is 1. The SMILES string of the molecule is COc1cc(C/C=C(\C)CC/C=C(\C)CC(O)C=C(C)C)c(O[Si](C)(C)C(C)(C)C)cc1C. The zero-order valence-electron chi connectivity index (χ0n) is 23.1. The Morgan fingerprint density at radius 1 is 1.03 bits per heavy atom. The Hall–Kier alpha value is -1.78. The molecule has 4 heteroatoms. The van der Waals surface area contributed by atoms with Gasteiger partial charge in [0.25, 0.3) is 0 Å². The summed E-state index contributed by atoms with van der Waals surface area (Å²) in [5.74, 6) is 1.90. The molecule has 0 saturated heterocycles. The van der Waals surface area contributed by atoms with Crippen LogP contribution in [0.2, 0.25) is 18.1 Å². The highest BCUT2D eigenvalue weighted by Crippen LogP contribution is 2.39. The lowest BCUT2D eigenvalue weighted by atomic mass is 10.0. The van der Waals surface area contributed by atoms with E-state index in [4.69, 9.17) is 9.16 Å². The number of ether oxygens (including phenoxy) is 1. The molecule has 1 unspecified atom stereocenters. The fourth-order valence-corrected chi connectivity index (χ4v) is 4.44. The van der Waals surface area contributed by atoms with Gasteiger partial charge in [0.1, 0.15) is 11.5 Å². The van der Waals surface area contributed by atoms with Crippen LogP contribution in [0, 0.1) is 6.92 Å². The molecule has 0 aromatic heterocycles. The highest BCUT2D eigenvalue weighted by molar-refractivity contribution is 6.74. The number of hydrogen-bond acceptors (Lipinski definition) is 3. The van der Waals surface area contributed by atoms with E-state index in [1.807, 2.05) is 19.9 Å². The van der Waals surface area contributed by atoms with E-state index < -0.39 is 14.4 Å². The van der Waals surface area contributed by atoms with E-state index in [0.29, 0.717) is 6.42 Å². The van der Waals surface area contributed by atoms with E-state index in [1.54, 1.807) is 7.11 Å². The first-order valence-corrected chi connectivity index (χ1v) is 15.1. The van der Waals surface area contributed by atoms with Crippen molar-refractivity contribution >= 4 is 8.32 Å². The molecule has 186 valence electrons. The van der Waals surface area contributed by atoms with Crippen molar-refractivity contribution in [1.29, 1.82) is 0 Å². The summed E-state index contributed by atoms with van der Waals surface area (Å²) in [4.78, 5) is 0. The fourth-order valence-electron chi connectivity index (χ4n) is 3.40. The smallest absolute Gasteiger partial charge is 0.250 e. The third kappa shape index (κ3) is 9.93. The van der Waals surface area contributed by atoms with Crippen molar-refractivity contribution in [2.45, 2.75) is 105 Å². The van der Waals surface area contributed by atoms with E-state index in [-0.39, 0.29) is 5.04 Å². The molecule has 0 heterocycles. The van der Waals surface area contributed by atoms with Gasteiger partial charge >= 0.3 is 0 Å². The third-order valence-corrected chi connectivity index (χ3v) is 10.9. The topological polar surface area (TPSA) is 38.7 Å². The molecule has 33 heavy (non-hydrogen) atoms. The Balaban J connectivity index is 2.93. The maximum absolute atomic E-state index is 10.1. The summed E-state index contributed by atoms with van der Waals surface area (Å²) >= 11 is 0. The predicted octanol–water partition coefficient (Wildman–Crippen LogP) is 8.32. The van der Waals surface area contributed by atoms with Gasteiger partial charge in [-0.3, -0.25) is 0 Å². The minimum absolute atomic E-state index is 0.146. The Bertz CT molecular complexity index is 866. The number of allylic oxidation sites excluding steroid dienone is 4. The third-order valence-electron chi connectivity index (χ3n) is 6.51. The van der Waals surface area contributed by atoms with Gasteiger partial charge in [-0.1, -0.05) is 55.7 Å². The second-order valence-electron chi connectivity index (χ2n) is 11.2. The van der Waals surface area contributed by atoms with Gasteiger partial charge in [0, 0.05) is 5.56 Å². The van der Waals surface area contributed by atoms with Gasteiger partial charge < -0.3 is 14.3 Å². The fraction of sp³-hybridized carbons (Fsp3) is 0.586. The zero-order valence-corrected chi connectivity index (χ0v) is 24.1. The van der Waals surface area contributed by atoms with E-state index in [9.17, 15) is 5.11 Å². The molecule has 1 aromatic carbocycles. The number of hydrogen-bond donors (Lipinski definition) is 1. The molecular weight excluding hydrogens is 424 g/mol. The first kappa shape index (κ1) is 29.2. The quantitative estimate of drug-likeness (QED) is 0.260. The lowest BCUT2D eigenvalue weighted by Gasteiger charge is -2.37. The van der Waals surface area contributed by atoms with Gasteiger partial charge in [0.2, 0.25) is 8.32 Å². The van der Waals surface area contributed by atoms with Crippen LogP contribution in [0.3, 0.4) is 0 Å². The molecule has 0 aliphatic carbocycles. The number of aryl methyl sites for hydroxylation is 1. The average Bonchev–Trinajstić information content (AvgIpc) is 2.65. The summed E-state index contributed by atoms with van der Waals surface area (Å²) in [6, 6.07) is 4.28. The Kier molecular flexibility index (Phi) is 11.2. The monoisotopic (exact) mass is 472 g/mol. The van der Waals surface area contributed by atoms with Crippen LogP contribution < -0.4 is 9.16 Å². The van der Waals surface area contributed by atoms with Crippen LogP contribution in [0.15, 0.2) is 47.1 Å². The number of benzene rings is 1. The summed E-state index contributed by atoms with van der Waals surface area (Å²) in [6.07, 6.45) is 9.61. The van der Waals surface area contributed by atoms with E-state index >= 15 is 0 Å². The highest BCUT2D eigenvalue weighted by Gasteiger charge is 2.39. The van der Waals surface area contributed by atoms with Crippen LogP contribution in [0.25, 0.3) is 0 Å². The minimum atomic E-state index is -1.94. The summed E-state index contributed by atoms with van der Waals surface area (Å²) in [7, 11) is -0.208. The van der Waals surface area contributed by atoms with Crippen molar-refractivity contribution in [1.82, 2.24) is 0 Å². The zero-order chi connectivity index (χ0) is 25.4. The van der Waals surface area contributed by atoms with Crippen molar-refractivity contribution in [3.05, 3.63) is 58.2 Å². The van der Waals surface area contributed by atoms with Crippen molar-refractivity contribution < 1.29 is 14.3 Å². The first-order valence-electron chi connectivity index (χ1n) is 12.2. The molecule has 1 N–H and O–H groups in total. The second kappa shape index (κ2) is 12.6. The lowest BCUT2D eigenvalue weighted by molar-refractivity contribution is 0.222. The maximum Gasteiger partial charge on any atom is 0.250 e. The molecule has 0 radical (unpaired) electrons. The maximum atomic E-state index is 10.1. The first-order chi connectivity index (χ1) is 15.2. The van der Waals surface area contributed by atoms with Crippen LogP contribution in [-0.4, -0.2) is 26.6 Å². The molecule has 0 aliphatic heterocycles. The molecule has 0 spiro atoms. The van der Waals surface area contributed by atoms with Crippen LogP contribution in [0.5, 0.6) is 11.5 Å². The van der Waals surface area contributed by atoms with Crippen LogP contribution in [-0.2, 0) is 6.42 Å². The van der Waals surface area contributed by atoms with E-state index in [1.165, 1.54) is 16.7 Å². The van der Waals surface area contributed by atoms with Crippen molar-refractivity contribution in [3.63, 3.8) is 0 Å². The molecule has 0 fully saturated rings. The molecule has 0 amide bonds. The normalized spacial score (nSPS) is 14.2. The molecule has 1 atom stereocenters. The van der Waals surface area contributed by atoms with Crippen molar-refractivity contribution in [2.24, 2.45) is 0 Å². The Morgan fingerprint density at radius 3 is 2.21 bits per heavy atom. The van der Waals surface area contributed by atoms with Gasteiger partial charge in [-0.25, -0.2) is 0 Å². The summed E-state index contributed by atoms with van der Waals surface area (Å²) in [5.41, 5.74) is 6.03.